The summed E-state index contributed by atoms with van der Waals surface area (Å²) in [5.41, 5.74) is 3.60. The number of hydrogen-bond donors (Lipinski definition) is 1. The van der Waals surface area contributed by atoms with E-state index >= 15 is 0 Å². The highest BCUT2D eigenvalue weighted by Crippen LogP contribution is 2.61. The molecule has 3 nitrogen and oxygen atoms in total. The summed E-state index contributed by atoms with van der Waals surface area (Å²) in [5, 5.41) is 3.20. The van der Waals surface area contributed by atoms with Crippen LogP contribution in [0.5, 0.6) is 0 Å². The molecule has 0 saturated heterocycles. The van der Waals surface area contributed by atoms with Gasteiger partial charge in [0.15, 0.2) is 5.78 Å². The van der Waals surface area contributed by atoms with Crippen LogP contribution in [-0.2, 0) is 0 Å². The molecule has 0 aromatic heterocycles. The predicted molar refractivity (Wildman–Crippen MR) is 136 cm³/mol. The number of hydrogen-bond acceptors (Lipinski definition) is 2. The van der Waals surface area contributed by atoms with Crippen LogP contribution in [0, 0.1) is 11.8 Å². The molecule has 2 saturated carbocycles. The molecule has 34 heavy (non-hydrogen) atoms. The Hall–Kier alpha value is -3.20. The number of rotatable bonds is 7. The van der Waals surface area contributed by atoms with Crippen molar-refractivity contribution < 1.29 is 9.59 Å². The van der Waals surface area contributed by atoms with Crippen LogP contribution in [-0.4, -0.2) is 17.7 Å². The molecule has 5 rings (SSSR count). The van der Waals surface area contributed by atoms with Crippen molar-refractivity contribution in [2.24, 2.45) is 11.8 Å². The van der Waals surface area contributed by atoms with Crippen molar-refractivity contribution in [1.29, 1.82) is 0 Å². The lowest BCUT2D eigenvalue weighted by Gasteiger charge is -2.28. The summed E-state index contributed by atoms with van der Waals surface area (Å²) in [5.74, 6) is 0.816. The van der Waals surface area contributed by atoms with Crippen molar-refractivity contribution in [2.45, 2.75) is 56.9 Å². The van der Waals surface area contributed by atoms with Gasteiger partial charge in [-0.05, 0) is 48.9 Å². The third kappa shape index (κ3) is 4.70. The molecule has 0 bridgehead atoms. The number of benzene rings is 3. The molecule has 3 heteroatoms. The van der Waals surface area contributed by atoms with Crippen molar-refractivity contribution in [2.75, 3.05) is 0 Å². The van der Waals surface area contributed by atoms with Gasteiger partial charge in [0.05, 0.1) is 0 Å². The summed E-state index contributed by atoms with van der Waals surface area (Å²) in [7, 11) is 0. The highest BCUT2D eigenvalue weighted by molar-refractivity contribution is 6.04. The molecule has 4 atom stereocenters. The van der Waals surface area contributed by atoms with Gasteiger partial charge in [-0.3, -0.25) is 9.59 Å². The van der Waals surface area contributed by atoms with Crippen LogP contribution >= 0.6 is 0 Å². The molecule has 174 valence electrons. The van der Waals surface area contributed by atoms with Crippen LogP contribution in [0.3, 0.4) is 0 Å². The zero-order valence-corrected chi connectivity index (χ0v) is 19.8. The molecule has 2 aliphatic carbocycles. The molecule has 0 heterocycles. The van der Waals surface area contributed by atoms with E-state index in [-0.39, 0.29) is 35.5 Å². The summed E-state index contributed by atoms with van der Waals surface area (Å²) in [4.78, 5) is 26.7. The van der Waals surface area contributed by atoms with Gasteiger partial charge in [0.1, 0.15) is 0 Å². The fraction of sp³-hybridized carbons (Fsp3) is 0.355. The standard InChI is InChI=1S/C31H33NO2/c1-21(22-12-5-2-6-13-22)32-31(34)26-19-11-18-25(20-26)30(33)29-27(23-14-7-3-8-15-23)28(29)24-16-9-4-10-17-24/h3-4,7-11,14-22,27-29H,2,5-6,12-13H2,1H3,(H,32,34)/t21-,27-,28+,29?/m1/s1. The van der Waals surface area contributed by atoms with E-state index in [4.69, 9.17) is 0 Å². The zero-order valence-electron chi connectivity index (χ0n) is 19.8. The smallest absolute Gasteiger partial charge is 0.251 e. The fourth-order valence-corrected chi connectivity index (χ4v) is 5.87. The Morgan fingerprint density at radius 3 is 1.88 bits per heavy atom. The lowest BCUT2D eigenvalue weighted by Crippen LogP contribution is -2.38. The van der Waals surface area contributed by atoms with Gasteiger partial charge in [0.25, 0.3) is 5.91 Å². The first-order valence-corrected chi connectivity index (χ1v) is 12.7. The minimum atomic E-state index is -0.107. The lowest BCUT2D eigenvalue weighted by atomic mass is 9.84. The second-order valence-corrected chi connectivity index (χ2v) is 10.0. The van der Waals surface area contributed by atoms with Gasteiger partial charge >= 0.3 is 0 Å². The predicted octanol–water partition coefficient (Wildman–Crippen LogP) is 6.77. The first-order chi connectivity index (χ1) is 16.6. The Balaban J connectivity index is 1.34. The topological polar surface area (TPSA) is 46.2 Å². The summed E-state index contributed by atoms with van der Waals surface area (Å²) in [6, 6.07) is 28.1. The van der Waals surface area contributed by atoms with E-state index in [1.54, 1.807) is 6.07 Å². The van der Waals surface area contributed by atoms with Crippen molar-refractivity contribution in [3.8, 4) is 0 Å². The molecular weight excluding hydrogens is 418 g/mol. The highest BCUT2D eigenvalue weighted by Gasteiger charge is 2.55. The molecule has 1 unspecified atom stereocenters. The van der Waals surface area contributed by atoms with Crippen LogP contribution < -0.4 is 5.32 Å². The maximum absolute atomic E-state index is 13.7. The summed E-state index contributed by atoms with van der Waals surface area (Å²) in [6.45, 7) is 2.11. The maximum Gasteiger partial charge on any atom is 0.251 e. The second-order valence-electron chi connectivity index (χ2n) is 10.0. The molecule has 0 spiro atoms. The van der Waals surface area contributed by atoms with Crippen LogP contribution in [0.1, 0.15) is 82.7 Å². The molecule has 3 aromatic carbocycles. The normalized spacial score (nSPS) is 23.1. The minimum Gasteiger partial charge on any atom is -0.349 e. The monoisotopic (exact) mass is 451 g/mol. The number of nitrogens with one attached hydrogen (secondary N) is 1. The van der Waals surface area contributed by atoms with Crippen LogP contribution in [0.4, 0.5) is 0 Å². The van der Waals surface area contributed by atoms with Gasteiger partial charge < -0.3 is 5.32 Å². The molecule has 0 radical (unpaired) electrons. The van der Waals surface area contributed by atoms with E-state index in [9.17, 15) is 9.59 Å². The molecular formula is C31H33NO2. The molecule has 3 aromatic rings. The lowest BCUT2D eigenvalue weighted by molar-refractivity contribution is 0.0919. The Kier molecular flexibility index (Phi) is 6.62. The van der Waals surface area contributed by atoms with E-state index in [0.717, 1.165) is 0 Å². The van der Waals surface area contributed by atoms with E-state index in [2.05, 4.69) is 36.5 Å². The average Bonchev–Trinajstić information content (AvgIpc) is 3.65. The van der Waals surface area contributed by atoms with Gasteiger partial charge in [0.2, 0.25) is 0 Å². The minimum absolute atomic E-state index is 0.0808. The van der Waals surface area contributed by atoms with Crippen molar-refractivity contribution in [3.05, 3.63) is 107 Å². The average molecular weight is 452 g/mol. The highest BCUT2D eigenvalue weighted by atomic mass is 16.1. The van der Waals surface area contributed by atoms with Crippen molar-refractivity contribution in [3.63, 3.8) is 0 Å². The van der Waals surface area contributed by atoms with Gasteiger partial charge in [-0.25, -0.2) is 0 Å². The number of amides is 1. The van der Waals surface area contributed by atoms with Crippen molar-refractivity contribution in [1.82, 2.24) is 5.32 Å². The maximum atomic E-state index is 13.7. The third-order valence-electron chi connectivity index (χ3n) is 7.82. The second kappa shape index (κ2) is 9.97. The van der Waals surface area contributed by atoms with Gasteiger partial charge in [-0.1, -0.05) is 92.1 Å². The largest absolute Gasteiger partial charge is 0.349 e. The first kappa shape index (κ1) is 22.6. The number of ketones is 1. The van der Waals surface area contributed by atoms with Gasteiger partial charge in [-0.15, -0.1) is 0 Å². The van der Waals surface area contributed by atoms with Crippen LogP contribution in [0.25, 0.3) is 0 Å². The Morgan fingerprint density at radius 1 is 0.735 bits per heavy atom. The summed E-state index contributed by atoms with van der Waals surface area (Å²) >= 11 is 0. The molecule has 1 amide bonds. The molecule has 2 aliphatic rings. The number of Topliss-reactive ketones (excluding diaryl/α,β-unsaturated/α-hetero) is 1. The van der Waals surface area contributed by atoms with E-state index < -0.39 is 0 Å². The quantitative estimate of drug-likeness (QED) is 0.403. The Bertz CT molecular complexity index is 1090. The fourth-order valence-electron chi connectivity index (χ4n) is 5.87. The first-order valence-electron chi connectivity index (χ1n) is 12.7. The summed E-state index contributed by atoms with van der Waals surface area (Å²) in [6.07, 6.45) is 6.17. The SMILES string of the molecule is C[C@@H](NC(=O)c1cccc(C(=O)C2[C@@H](c3ccccc3)[C@H]2c2ccccc2)c1)C1CCCCC1. The third-order valence-corrected chi connectivity index (χ3v) is 7.82. The molecule has 0 aliphatic heterocycles. The summed E-state index contributed by atoms with van der Waals surface area (Å²) < 4.78 is 0. The number of carbonyl (C=O) groups excluding carboxylic acids is 2. The van der Waals surface area contributed by atoms with E-state index in [0.29, 0.717) is 17.0 Å². The number of carbonyl (C=O) groups is 2. The van der Waals surface area contributed by atoms with Crippen LogP contribution in [0.2, 0.25) is 0 Å². The van der Waals surface area contributed by atoms with E-state index in [1.165, 1.54) is 43.2 Å². The van der Waals surface area contributed by atoms with Gasteiger partial charge in [0, 0.05) is 34.9 Å². The molecule has 2 fully saturated rings. The molecule has 1 N–H and O–H groups in total. The van der Waals surface area contributed by atoms with E-state index in [1.807, 2.05) is 54.6 Å². The van der Waals surface area contributed by atoms with Crippen molar-refractivity contribution >= 4 is 11.7 Å². The van der Waals surface area contributed by atoms with Crippen LogP contribution in [0.15, 0.2) is 84.9 Å². The Morgan fingerprint density at radius 2 is 1.29 bits per heavy atom. The zero-order chi connectivity index (χ0) is 23.5. The Labute approximate surface area is 202 Å². The van der Waals surface area contributed by atoms with Gasteiger partial charge in [-0.2, -0.15) is 0 Å².